The highest BCUT2D eigenvalue weighted by Crippen LogP contribution is 2.21. The molecule has 4 nitrogen and oxygen atoms in total. The number of hydrogen-bond acceptors (Lipinski definition) is 2. The van der Waals surface area contributed by atoms with E-state index in [4.69, 9.17) is 5.26 Å². The number of amides is 1. The van der Waals surface area contributed by atoms with Crippen molar-refractivity contribution < 1.29 is 10.1 Å². The van der Waals surface area contributed by atoms with Gasteiger partial charge in [0.2, 0.25) is 0 Å². The number of para-hydroxylation sites is 1. The van der Waals surface area contributed by atoms with E-state index in [1.54, 1.807) is 18.2 Å². The van der Waals surface area contributed by atoms with E-state index in [1.165, 1.54) is 25.7 Å². The fourth-order valence-corrected chi connectivity index (χ4v) is 3.03. The fraction of sp³-hybridized carbons (Fsp3) is 0.529. The predicted molar refractivity (Wildman–Crippen MR) is 82.6 cm³/mol. The Kier molecular flexibility index (Phi) is 5.35. The summed E-state index contributed by atoms with van der Waals surface area (Å²) in [6.07, 6.45) is 5.01. The maximum Gasteiger partial charge on any atom is 0.282 e. The molecule has 1 saturated carbocycles. The summed E-state index contributed by atoms with van der Waals surface area (Å²) < 4.78 is 0. The minimum Gasteiger partial charge on any atom is -0.334 e. The number of rotatable bonds is 4. The SMILES string of the molecule is C[C@H]([NH2+][C@H]1CCCC[C@@H]1C)C(=O)Nc1ccccc1C#N. The van der Waals surface area contributed by atoms with Crippen LogP contribution < -0.4 is 10.6 Å². The number of quaternary nitrogens is 1. The van der Waals surface area contributed by atoms with Crippen LogP contribution in [0.15, 0.2) is 24.3 Å². The standard InChI is InChI=1S/C17H23N3O/c1-12-7-3-5-9-15(12)19-13(2)17(21)20-16-10-6-4-8-14(16)11-18/h4,6,8,10,12-13,15,19H,3,5,7,9H2,1-2H3,(H,20,21)/p+1/t12-,13-,15-/m0/s1. The number of nitrogens with one attached hydrogen (secondary N) is 1. The lowest BCUT2D eigenvalue weighted by molar-refractivity contribution is -0.714. The number of carbonyl (C=O) groups excluding carboxylic acids is 1. The Labute approximate surface area is 126 Å². The molecule has 0 spiro atoms. The summed E-state index contributed by atoms with van der Waals surface area (Å²) in [7, 11) is 0. The van der Waals surface area contributed by atoms with Crippen LogP contribution in [0.3, 0.4) is 0 Å². The molecule has 3 N–H and O–H groups in total. The zero-order valence-electron chi connectivity index (χ0n) is 12.8. The summed E-state index contributed by atoms with van der Waals surface area (Å²) in [6.45, 7) is 4.21. The van der Waals surface area contributed by atoms with Gasteiger partial charge in [0.15, 0.2) is 6.04 Å². The predicted octanol–water partition coefficient (Wildman–Crippen LogP) is 2.03. The van der Waals surface area contributed by atoms with Gasteiger partial charge in [0.25, 0.3) is 5.91 Å². The van der Waals surface area contributed by atoms with Gasteiger partial charge in [0.05, 0.1) is 17.3 Å². The second kappa shape index (κ2) is 7.24. The first kappa shape index (κ1) is 15.5. The van der Waals surface area contributed by atoms with Gasteiger partial charge in [-0.15, -0.1) is 0 Å². The van der Waals surface area contributed by atoms with E-state index in [0.717, 1.165) is 0 Å². The van der Waals surface area contributed by atoms with Gasteiger partial charge in [-0.2, -0.15) is 5.26 Å². The van der Waals surface area contributed by atoms with Gasteiger partial charge >= 0.3 is 0 Å². The van der Waals surface area contributed by atoms with Gasteiger partial charge in [-0.3, -0.25) is 4.79 Å². The zero-order valence-corrected chi connectivity index (χ0v) is 12.8. The topological polar surface area (TPSA) is 69.5 Å². The van der Waals surface area contributed by atoms with E-state index < -0.39 is 0 Å². The molecule has 1 aromatic carbocycles. The molecule has 0 radical (unpaired) electrons. The van der Waals surface area contributed by atoms with Crippen molar-refractivity contribution in [1.29, 1.82) is 5.26 Å². The van der Waals surface area contributed by atoms with E-state index in [9.17, 15) is 4.79 Å². The molecule has 1 aromatic rings. The van der Waals surface area contributed by atoms with Gasteiger partial charge in [-0.1, -0.05) is 25.5 Å². The minimum atomic E-state index is -0.137. The molecule has 2 rings (SSSR count). The lowest BCUT2D eigenvalue weighted by atomic mass is 9.85. The minimum absolute atomic E-state index is 0.0320. The summed E-state index contributed by atoms with van der Waals surface area (Å²) in [5, 5.41) is 14.1. The molecule has 0 aliphatic heterocycles. The smallest absolute Gasteiger partial charge is 0.282 e. The fourth-order valence-electron chi connectivity index (χ4n) is 3.03. The van der Waals surface area contributed by atoms with E-state index in [2.05, 4.69) is 23.6 Å². The molecule has 112 valence electrons. The van der Waals surface area contributed by atoms with Crippen LogP contribution in [0.4, 0.5) is 5.69 Å². The summed E-state index contributed by atoms with van der Waals surface area (Å²) >= 11 is 0. The van der Waals surface area contributed by atoms with E-state index in [0.29, 0.717) is 23.2 Å². The quantitative estimate of drug-likeness (QED) is 0.889. The van der Waals surface area contributed by atoms with Crippen LogP contribution in [0.5, 0.6) is 0 Å². The van der Waals surface area contributed by atoms with Crippen molar-refractivity contribution in [3.05, 3.63) is 29.8 Å². The molecule has 3 atom stereocenters. The van der Waals surface area contributed by atoms with Crippen molar-refractivity contribution in [2.75, 3.05) is 5.32 Å². The first-order valence-electron chi connectivity index (χ1n) is 7.76. The third-order valence-electron chi connectivity index (χ3n) is 4.43. The number of carbonyl (C=O) groups is 1. The van der Waals surface area contributed by atoms with Gasteiger partial charge in [-0.05, 0) is 38.3 Å². The number of nitrogens with zero attached hydrogens (tertiary/aromatic N) is 1. The van der Waals surface area contributed by atoms with Crippen LogP contribution in [-0.2, 0) is 4.79 Å². The van der Waals surface area contributed by atoms with Gasteiger partial charge in [0.1, 0.15) is 6.07 Å². The lowest BCUT2D eigenvalue weighted by Crippen LogP contribution is -2.97. The molecule has 0 aromatic heterocycles. The normalized spacial score (nSPS) is 23.1. The van der Waals surface area contributed by atoms with Gasteiger partial charge in [-0.25, -0.2) is 0 Å². The Balaban J connectivity index is 1.95. The number of nitrogens with two attached hydrogens (primary N) is 1. The number of nitriles is 1. The second-order valence-electron chi connectivity index (χ2n) is 6.05. The van der Waals surface area contributed by atoms with Crippen molar-refractivity contribution >= 4 is 11.6 Å². The first-order valence-corrected chi connectivity index (χ1v) is 7.76. The summed E-state index contributed by atoms with van der Waals surface area (Å²) in [5.74, 6) is 0.635. The third kappa shape index (κ3) is 4.05. The van der Waals surface area contributed by atoms with Crippen molar-refractivity contribution in [2.24, 2.45) is 5.92 Å². The van der Waals surface area contributed by atoms with Crippen molar-refractivity contribution in [1.82, 2.24) is 0 Å². The van der Waals surface area contributed by atoms with E-state index in [-0.39, 0.29) is 11.9 Å². The molecule has 1 aliphatic rings. The van der Waals surface area contributed by atoms with Crippen molar-refractivity contribution in [2.45, 2.75) is 51.6 Å². The Hall–Kier alpha value is -1.86. The van der Waals surface area contributed by atoms with Crippen molar-refractivity contribution in [3.63, 3.8) is 0 Å². The van der Waals surface area contributed by atoms with Crippen LogP contribution in [0.1, 0.15) is 45.1 Å². The molecule has 0 bridgehead atoms. The number of benzene rings is 1. The molecule has 0 heterocycles. The molecule has 0 saturated heterocycles. The van der Waals surface area contributed by atoms with Crippen LogP contribution in [0.25, 0.3) is 0 Å². The maximum absolute atomic E-state index is 12.3. The highest BCUT2D eigenvalue weighted by molar-refractivity contribution is 5.94. The molecule has 1 fully saturated rings. The molecular weight excluding hydrogens is 262 g/mol. The Morgan fingerprint density at radius 1 is 1.38 bits per heavy atom. The highest BCUT2D eigenvalue weighted by atomic mass is 16.2. The van der Waals surface area contributed by atoms with Crippen molar-refractivity contribution in [3.8, 4) is 6.07 Å². The average molecular weight is 286 g/mol. The first-order chi connectivity index (χ1) is 10.1. The molecule has 4 heteroatoms. The third-order valence-corrected chi connectivity index (χ3v) is 4.43. The lowest BCUT2D eigenvalue weighted by Gasteiger charge is -2.28. The highest BCUT2D eigenvalue weighted by Gasteiger charge is 2.28. The summed E-state index contributed by atoms with van der Waals surface area (Å²) in [4.78, 5) is 12.3. The van der Waals surface area contributed by atoms with E-state index >= 15 is 0 Å². The molecule has 21 heavy (non-hydrogen) atoms. The van der Waals surface area contributed by atoms with Crippen LogP contribution >= 0.6 is 0 Å². The maximum atomic E-state index is 12.3. The Morgan fingerprint density at radius 3 is 2.81 bits per heavy atom. The Morgan fingerprint density at radius 2 is 2.10 bits per heavy atom. The summed E-state index contributed by atoms with van der Waals surface area (Å²) in [5.41, 5.74) is 1.10. The average Bonchev–Trinajstić information content (AvgIpc) is 2.50. The van der Waals surface area contributed by atoms with E-state index in [1.807, 2.05) is 13.0 Å². The van der Waals surface area contributed by atoms with Crippen LogP contribution in [-0.4, -0.2) is 18.0 Å². The summed E-state index contributed by atoms with van der Waals surface area (Å²) in [6, 6.07) is 9.61. The molecule has 1 amide bonds. The largest absolute Gasteiger partial charge is 0.334 e. The van der Waals surface area contributed by atoms with Crippen LogP contribution in [0, 0.1) is 17.2 Å². The van der Waals surface area contributed by atoms with Gasteiger partial charge in [0, 0.05) is 5.92 Å². The van der Waals surface area contributed by atoms with Crippen LogP contribution in [0.2, 0.25) is 0 Å². The number of hydrogen-bond donors (Lipinski definition) is 2. The molecule has 0 unspecified atom stereocenters. The zero-order chi connectivity index (χ0) is 15.2. The molecular formula is C17H24N3O+. The van der Waals surface area contributed by atoms with Gasteiger partial charge < -0.3 is 10.6 Å². The second-order valence-corrected chi connectivity index (χ2v) is 6.05. The Bertz CT molecular complexity index is 535. The number of anilines is 1. The molecule has 1 aliphatic carbocycles. The monoisotopic (exact) mass is 286 g/mol.